The van der Waals surface area contributed by atoms with Crippen molar-refractivity contribution in [1.82, 2.24) is 0 Å². The summed E-state index contributed by atoms with van der Waals surface area (Å²) in [5.41, 5.74) is 4.28. The molecule has 0 aliphatic carbocycles. The zero-order valence-corrected chi connectivity index (χ0v) is 11.9. The number of hydrogen-bond acceptors (Lipinski definition) is 6. The average Bonchev–Trinajstić information content (AvgIpc) is 2.53. The van der Waals surface area contributed by atoms with Gasteiger partial charge in [-0.15, -0.1) is 0 Å². The number of rotatable bonds is 6. The Morgan fingerprint density at radius 3 is 2.47 bits per heavy atom. The second-order valence-electron chi connectivity index (χ2n) is 4.46. The average molecular weight is 312 g/mol. The van der Waals surface area contributed by atoms with Crippen LogP contribution in [0.4, 0.5) is 0 Å². The molecule has 0 radical (unpaired) electrons. The van der Waals surface area contributed by atoms with Crippen LogP contribution in [0.2, 0.25) is 16.6 Å². The zero-order chi connectivity index (χ0) is 13.0. The molecule has 1 fully saturated rings. The Kier molecular flexibility index (Phi) is 6.37. The third-order valence-corrected chi connectivity index (χ3v) is 4.81. The van der Waals surface area contributed by atoms with Crippen molar-refractivity contribution in [3.63, 3.8) is 0 Å². The van der Waals surface area contributed by atoms with Crippen LogP contribution in [-0.2, 0) is 9.47 Å². The van der Waals surface area contributed by atoms with E-state index in [9.17, 15) is 10.2 Å². The summed E-state index contributed by atoms with van der Waals surface area (Å²) in [6.07, 6.45) is -4.36. The first-order valence-corrected chi connectivity index (χ1v) is 10.6. The molecule has 0 aromatic heterocycles. The van der Waals surface area contributed by atoms with E-state index in [4.69, 9.17) is 19.7 Å². The van der Waals surface area contributed by atoms with E-state index in [2.05, 4.69) is 11.4 Å². The molecule has 0 spiro atoms. The van der Waals surface area contributed by atoms with Crippen molar-refractivity contribution in [2.45, 2.75) is 47.3 Å². The first-order chi connectivity index (χ1) is 7.95. The molecular weight excluding hydrogens is 291 g/mol. The van der Waals surface area contributed by atoms with Crippen LogP contribution in [0.5, 0.6) is 0 Å². The Balaban J connectivity index is 2.42. The number of aliphatic hydroxyl groups excluding tert-OH is 4. The van der Waals surface area contributed by atoms with Gasteiger partial charge in [0, 0.05) is 0 Å². The molecule has 1 rings (SSSR count). The van der Waals surface area contributed by atoms with Gasteiger partial charge in [-0.05, 0) is 0 Å². The maximum absolute atomic E-state index is 9.76. The van der Waals surface area contributed by atoms with Crippen molar-refractivity contribution >= 4 is 14.7 Å². The Morgan fingerprint density at radius 1 is 1.29 bits per heavy atom. The summed E-state index contributed by atoms with van der Waals surface area (Å²) in [7, 11) is 0. The predicted octanol–water partition coefficient (Wildman–Crippen LogP) is -1.44. The maximum atomic E-state index is 9.76. The van der Waals surface area contributed by atoms with Crippen molar-refractivity contribution < 1.29 is 29.9 Å². The van der Waals surface area contributed by atoms with Crippen molar-refractivity contribution in [2.75, 3.05) is 13.2 Å². The molecule has 4 N–H and O–H groups in total. The van der Waals surface area contributed by atoms with Crippen molar-refractivity contribution in [2.24, 2.45) is 0 Å². The Hall–Kier alpha value is 0.318. The molecule has 1 aliphatic rings. The van der Waals surface area contributed by atoms with Gasteiger partial charge in [-0.3, -0.25) is 0 Å². The van der Waals surface area contributed by atoms with E-state index in [1.54, 1.807) is 0 Å². The van der Waals surface area contributed by atoms with E-state index >= 15 is 0 Å². The fourth-order valence-corrected chi connectivity index (χ4v) is 3.77. The van der Waals surface area contributed by atoms with Gasteiger partial charge in [0.15, 0.2) is 0 Å². The van der Waals surface area contributed by atoms with E-state index in [-0.39, 0.29) is 6.61 Å². The molecule has 0 bridgehead atoms. The number of ether oxygens (including phenoxy) is 2. The van der Waals surface area contributed by atoms with Crippen LogP contribution in [0.1, 0.15) is 0 Å². The molecule has 1 heterocycles. The van der Waals surface area contributed by atoms with Crippen molar-refractivity contribution in [3.8, 4) is 0 Å². The topological polar surface area (TPSA) is 99.4 Å². The molecular formula is C10H21AsO6. The van der Waals surface area contributed by atoms with Gasteiger partial charge in [0.1, 0.15) is 0 Å². The van der Waals surface area contributed by atoms with Crippen LogP contribution < -0.4 is 0 Å². The van der Waals surface area contributed by atoms with Crippen molar-refractivity contribution in [3.05, 3.63) is 0 Å². The van der Waals surface area contributed by atoms with Gasteiger partial charge in [-0.2, -0.15) is 0 Å². The van der Waals surface area contributed by atoms with Gasteiger partial charge in [0.05, 0.1) is 0 Å². The van der Waals surface area contributed by atoms with Gasteiger partial charge in [-0.25, -0.2) is 0 Å². The molecule has 0 saturated carbocycles. The molecule has 1 unspecified atom stereocenters. The van der Waals surface area contributed by atoms with Gasteiger partial charge in [0.2, 0.25) is 0 Å². The summed E-state index contributed by atoms with van der Waals surface area (Å²) in [6, 6.07) is 0. The fourth-order valence-electron chi connectivity index (χ4n) is 1.62. The second-order valence-corrected chi connectivity index (χ2v) is 9.75. The first kappa shape index (κ1) is 15.4. The quantitative estimate of drug-likeness (QED) is 0.448. The second kappa shape index (κ2) is 7.04. The van der Waals surface area contributed by atoms with E-state index < -0.39 is 52.0 Å². The van der Waals surface area contributed by atoms with Crippen LogP contribution in [-0.4, -0.2) is 79.0 Å². The monoisotopic (exact) mass is 312 g/mol. The van der Waals surface area contributed by atoms with E-state index in [1.807, 2.05) is 0 Å². The molecule has 0 aromatic rings. The van der Waals surface area contributed by atoms with Gasteiger partial charge in [0.25, 0.3) is 0 Å². The molecule has 6 nitrogen and oxygen atoms in total. The summed E-state index contributed by atoms with van der Waals surface area (Å²) in [6.45, 7) is -0.536. The van der Waals surface area contributed by atoms with E-state index in [1.165, 1.54) is 0 Å². The van der Waals surface area contributed by atoms with Crippen LogP contribution in [0.25, 0.3) is 0 Å². The van der Waals surface area contributed by atoms with Crippen LogP contribution in [0.15, 0.2) is 0 Å². The Morgan fingerprint density at radius 2 is 1.94 bits per heavy atom. The van der Waals surface area contributed by atoms with Crippen LogP contribution >= 0.6 is 0 Å². The molecule has 102 valence electrons. The summed E-state index contributed by atoms with van der Waals surface area (Å²) < 4.78 is 10.5. The van der Waals surface area contributed by atoms with E-state index in [0.29, 0.717) is 0 Å². The minimum atomic E-state index is -1.10. The Labute approximate surface area is 105 Å². The first-order valence-electron chi connectivity index (χ1n) is 5.52. The Bertz CT molecular complexity index is 227. The van der Waals surface area contributed by atoms with Gasteiger partial charge < -0.3 is 0 Å². The molecule has 1 saturated heterocycles. The molecule has 0 aromatic carbocycles. The molecule has 5 atom stereocenters. The molecule has 7 heteroatoms. The summed E-state index contributed by atoms with van der Waals surface area (Å²) in [5, 5.41) is 38.0. The third kappa shape index (κ3) is 4.48. The van der Waals surface area contributed by atoms with Crippen LogP contribution in [0.3, 0.4) is 0 Å². The zero-order valence-electron chi connectivity index (χ0n) is 10.1. The standard InChI is InChI=1S/C10H21AsO6/c1-11(2)3-7-8(14)9(15)10(17-7)16-5-6(13)4-12/h6-10,12-15H,3-5H2,1-2H3/t6?,7-,8-,9-,10-/m1/s1. The van der Waals surface area contributed by atoms with Crippen LogP contribution in [0, 0.1) is 0 Å². The van der Waals surface area contributed by atoms with E-state index in [0.717, 1.165) is 5.21 Å². The summed E-state index contributed by atoms with van der Waals surface area (Å²) in [4.78, 5) is 0. The number of hydrogen-bond donors (Lipinski definition) is 4. The molecule has 1 aliphatic heterocycles. The number of aliphatic hydroxyl groups is 4. The fraction of sp³-hybridized carbons (Fsp3) is 1.00. The predicted molar refractivity (Wildman–Crippen MR) is 62.0 cm³/mol. The SMILES string of the molecule is C[As](C)C[C@H]1O[C@@H](OCC(O)CO)[C@H](O)[C@@H]1O. The summed E-state index contributed by atoms with van der Waals surface area (Å²) >= 11 is -0.966. The molecule has 17 heavy (non-hydrogen) atoms. The van der Waals surface area contributed by atoms with Gasteiger partial charge in [-0.1, -0.05) is 0 Å². The van der Waals surface area contributed by atoms with Crippen molar-refractivity contribution in [1.29, 1.82) is 0 Å². The minimum absolute atomic E-state index is 0.128. The summed E-state index contributed by atoms with van der Waals surface area (Å²) in [5.74, 6) is 0. The molecule has 0 amide bonds. The third-order valence-electron chi connectivity index (χ3n) is 2.53. The normalized spacial score (nSPS) is 35.5. The van der Waals surface area contributed by atoms with Gasteiger partial charge >= 0.3 is 105 Å².